The van der Waals surface area contributed by atoms with Crippen LogP contribution >= 0.6 is 11.8 Å². The first kappa shape index (κ1) is 33.7. The molecule has 3 amide bonds. The Hall–Kier alpha value is -4.22. The quantitative estimate of drug-likeness (QED) is 0.123. The third kappa shape index (κ3) is 8.49. The van der Waals surface area contributed by atoms with Gasteiger partial charge in [-0.1, -0.05) is 30.3 Å². The van der Waals surface area contributed by atoms with E-state index in [2.05, 4.69) is 10.6 Å². The van der Waals surface area contributed by atoms with Gasteiger partial charge in [0.2, 0.25) is 11.8 Å². The smallest absolute Gasteiger partial charge is 0.408 e. The van der Waals surface area contributed by atoms with E-state index in [9.17, 15) is 37.7 Å². The molecule has 242 valence electrons. The number of thioether (sulfide) groups is 1. The molecule has 2 aromatic rings. The summed E-state index contributed by atoms with van der Waals surface area (Å²) in [6.45, 7) is 4.69. The second-order valence-electron chi connectivity index (χ2n) is 11.3. The number of nitro benzene ring substituents is 1. The van der Waals surface area contributed by atoms with E-state index in [1.807, 2.05) is 0 Å². The lowest BCUT2D eigenvalue weighted by molar-refractivity contribution is -0.384. The summed E-state index contributed by atoms with van der Waals surface area (Å²) < 4.78 is 39.8. The molecule has 5 atom stereocenters. The molecule has 2 aromatic carbocycles. The molecule has 0 spiro atoms. The van der Waals surface area contributed by atoms with Crippen molar-refractivity contribution in [2.24, 2.45) is 0 Å². The van der Waals surface area contributed by atoms with Crippen molar-refractivity contribution in [1.82, 2.24) is 15.5 Å². The summed E-state index contributed by atoms with van der Waals surface area (Å²) >= 11 is 1.10. The molecule has 45 heavy (non-hydrogen) atoms. The van der Waals surface area contributed by atoms with Crippen molar-refractivity contribution in [2.75, 3.05) is 12.0 Å². The number of alkyl carbamates (subject to hydrolysis) is 1. The summed E-state index contributed by atoms with van der Waals surface area (Å²) in [4.78, 5) is 64.1. The summed E-state index contributed by atoms with van der Waals surface area (Å²) in [5.41, 5.74) is -0.151. The Morgan fingerprint density at radius 2 is 1.76 bits per heavy atom. The predicted octanol–water partition coefficient (Wildman–Crippen LogP) is 2.02. The Kier molecular flexibility index (Phi) is 10.0. The number of nitrogens with one attached hydrogen (secondary N) is 2. The Balaban J connectivity index is 1.50. The first-order valence-corrected chi connectivity index (χ1v) is 16.5. The molecular formula is C28H32N4O11S2. The highest BCUT2D eigenvalue weighted by molar-refractivity contribution is 8.00. The molecule has 2 saturated heterocycles. The highest BCUT2D eigenvalue weighted by Gasteiger charge is 2.59. The molecule has 2 N–H and O–H groups in total. The van der Waals surface area contributed by atoms with Gasteiger partial charge in [-0.25, -0.2) is 9.59 Å². The molecule has 15 nitrogen and oxygen atoms in total. The van der Waals surface area contributed by atoms with Gasteiger partial charge in [0.1, 0.15) is 35.8 Å². The Morgan fingerprint density at radius 1 is 1.11 bits per heavy atom. The number of hydrogen-bond acceptors (Lipinski definition) is 12. The standard InChI is InChI=1S/C28H32N4O11S2/c1-28(2,3)42-27(36)30-20(17-8-6-5-7-9-17)23(33)29-21-24(34)31-22(19(15-44-25(21)31)43-45(4,39)40)26(35)41-14-16-10-12-18(13-11-16)32(37)38/h5-13,19-22,25H,14-15H2,1-4H3,(H,29,33)(H,30,36)/t19?,20-,21-,22?,25-/m1/s1. The van der Waals surface area contributed by atoms with Crippen LogP contribution in [0.15, 0.2) is 54.6 Å². The van der Waals surface area contributed by atoms with E-state index in [4.69, 9.17) is 13.7 Å². The van der Waals surface area contributed by atoms with Crippen LogP contribution < -0.4 is 10.6 Å². The zero-order valence-corrected chi connectivity index (χ0v) is 26.3. The van der Waals surface area contributed by atoms with E-state index >= 15 is 0 Å². The van der Waals surface area contributed by atoms with Crippen molar-refractivity contribution in [1.29, 1.82) is 0 Å². The lowest BCUT2D eigenvalue weighted by Crippen LogP contribution is -2.77. The van der Waals surface area contributed by atoms with Gasteiger partial charge < -0.3 is 25.0 Å². The molecule has 17 heteroatoms. The van der Waals surface area contributed by atoms with Gasteiger partial charge in [-0.15, -0.1) is 11.8 Å². The molecule has 0 radical (unpaired) electrons. The summed E-state index contributed by atoms with van der Waals surface area (Å²) in [6.07, 6.45) is -1.32. The van der Waals surface area contributed by atoms with E-state index in [1.54, 1.807) is 51.1 Å². The van der Waals surface area contributed by atoms with E-state index < -0.39 is 74.1 Å². The van der Waals surface area contributed by atoms with Crippen LogP contribution in [0.2, 0.25) is 0 Å². The van der Waals surface area contributed by atoms with Crippen molar-refractivity contribution < 1.29 is 46.2 Å². The van der Waals surface area contributed by atoms with Crippen LogP contribution in [0, 0.1) is 10.1 Å². The van der Waals surface area contributed by atoms with Crippen LogP contribution in [0.25, 0.3) is 0 Å². The molecule has 2 fully saturated rings. The zero-order valence-electron chi connectivity index (χ0n) is 24.7. The van der Waals surface area contributed by atoms with Gasteiger partial charge in [0.25, 0.3) is 15.8 Å². The van der Waals surface area contributed by atoms with Crippen LogP contribution in [-0.2, 0) is 44.8 Å². The molecular weight excluding hydrogens is 632 g/mol. The number of hydrogen-bond donors (Lipinski definition) is 2. The number of ether oxygens (including phenoxy) is 2. The van der Waals surface area contributed by atoms with Gasteiger partial charge in [-0.3, -0.25) is 23.9 Å². The summed E-state index contributed by atoms with van der Waals surface area (Å²) in [7, 11) is -4.05. The lowest BCUT2D eigenvalue weighted by Gasteiger charge is -2.54. The number of non-ortho nitro benzene ring substituents is 1. The molecule has 4 rings (SSSR count). The van der Waals surface area contributed by atoms with Crippen molar-refractivity contribution in [3.8, 4) is 0 Å². The van der Waals surface area contributed by atoms with Crippen LogP contribution in [0.1, 0.15) is 37.9 Å². The minimum absolute atomic E-state index is 0.0382. The van der Waals surface area contributed by atoms with Gasteiger partial charge in [0, 0.05) is 17.9 Å². The summed E-state index contributed by atoms with van der Waals surface area (Å²) in [5, 5.41) is 15.3. The highest BCUT2D eigenvalue weighted by atomic mass is 32.2. The van der Waals surface area contributed by atoms with E-state index in [1.165, 1.54) is 24.3 Å². The van der Waals surface area contributed by atoms with Crippen molar-refractivity contribution >= 4 is 51.4 Å². The van der Waals surface area contributed by atoms with Gasteiger partial charge in [0.05, 0.1) is 11.2 Å². The number of rotatable bonds is 10. The van der Waals surface area contributed by atoms with E-state index in [0.717, 1.165) is 22.9 Å². The number of carbonyl (C=O) groups is 4. The largest absolute Gasteiger partial charge is 0.459 e. The maximum atomic E-state index is 13.5. The van der Waals surface area contributed by atoms with Gasteiger partial charge in [-0.05, 0) is 44.0 Å². The Morgan fingerprint density at radius 3 is 2.33 bits per heavy atom. The normalized spacial score (nSPS) is 21.9. The molecule has 2 heterocycles. The van der Waals surface area contributed by atoms with E-state index in [-0.39, 0.29) is 18.0 Å². The van der Waals surface area contributed by atoms with Crippen LogP contribution in [0.4, 0.5) is 10.5 Å². The number of nitrogens with zero attached hydrogens (tertiary/aromatic N) is 2. The minimum atomic E-state index is -4.05. The van der Waals surface area contributed by atoms with Crippen LogP contribution in [0.5, 0.6) is 0 Å². The summed E-state index contributed by atoms with van der Waals surface area (Å²) in [5.74, 6) is -2.40. The number of carbonyl (C=O) groups excluding carboxylic acids is 4. The fourth-order valence-electron chi connectivity index (χ4n) is 4.69. The fraction of sp³-hybridized carbons (Fsp3) is 0.429. The molecule has 2 aliphatic rings. The van der Waals surface area contributed by atoms with Crippen LogP contribution in [0.3, 0.4) is 0 Å². The average Bonchev–Trinajstić information content (AvgIpc) is 2.96. The number of nitro groups is 1. The lowest BCUT2D eigenvalue weighted by atomic mass is 9.98. The third-order valence-corrected chi connectivity index (χ3v) is 8.54. The van der Waals surface area contributed by atoms with Crippen molar-refractivity contribution in [2.45, 2.75) is 62.6 Å². The fourth-order valence-corrected chi connectivity index (χ4v) is 6.80. The van der Waals surface area contributed by atoms with Crippen LogP contribution in [-0.4, -0.2) is 83.3 Å². The minimum Gasteiger partial charge on any atom is -0.459 e. The maximum absolute atomic E-state index is 13.5. The predicted molar refractivity (Wildman–Crippen MR) is 160 cm³/mol. The number of esters is 1. The Bertz CT molecular complexity index is 1560. The monoisotopic (exact) mass is 664 g/mol. The first-order chi connectivity index (χ1) is 21.0. The topological polar surface area (TPSA) is 201 Å². The van der Waals surface area contributed by atoms with Crippen molar-refractivity contribution in [3.05, 3.63) is 75.8 Å². The van der Waals surface area contributed by atoms with Crippen molar-refractivity contribution in [3.63, 3.8) is 0 Å². The molecule has 0 aromatic heterocycles. The summed E-state index contributed by atoms with van der Waals surface area (Å²) in [6, 6.07) is 9.78. The van der Waals surface area contributed by atoms with Gasteiger partial charge in [0.15, 0.2) is 6.04 Å². The molecule has 2 unspecified atom stereocenters. The maximum Gasteiger partial charge on any atom is 0.408 e. The number of amides is 3. The number of fused-ring (bicyclic) bond motifs is 1. The first-order valence-electron chi connectivity index (χ1n) is 13.6. The second-order valence-corrected chi connectivity index (χ2v) is 14.0. The molecule has 0 bridgehead atoms. The third-order valence-electron chi connectivity index (χ3n) is 6.59. The number of β-lactam (4-membered cyclic amide) rings is 1. The van der Waals surface area contributed by atoms with Gasteiger partial charge >= 0.3 is 12.1 Å². The Labute approximate surface area is 263 Å². The average molecular weight is 665 g/mol. The highest BCUT2D eigenvalue weighted by Crippen LogP contribution is 2.40. The van der Waals surface area contributed by atoms with Gasteiger partial charge in [-0.2, -0.15) is 8.42 Å². The SMILES string of the molecule is CC(C)(C)OC(=O)N[C@@H](C(=O)N[C@@H]1C(=O)N2C(C(=O)OCc3ccc([N+](=O)[O-])cc3)C(OS(C)(=O)=O)CS[C@H]12)c1ccccc1. The molecule has 0 aliphatic carbocycles. The molecule has 2 aliphatic heterocycles. The zero-order chi connectivity index (χ0) is 33.1. The number of benzene rings is 2. The molecule has 0 saturated carbocycles. The second kappa shape index (κ2) is 13.4. The van der Waals surface area contributed by atoms with E-state index in [0.29, 0.717) is 11.1 Å².